The second-order valence-electron chi connectivity index (χ2n) is 7.95. The summed E-state index contributed by atoms with van der Waals surface area (Å²) in [6.45, 7) is 0. The second kappa shape index (κ2) is 9.93. The smallest absolute Gasteiger partial charge is 0.313 e. The topological polar surface area (TPSA) is 113 Å². The maximum atomic E-state index is 13.1. The molecule has 1 aliphatic carbocycles. The zero-order chi connectivity index (χ0) is 23.4. The molecule has 3 aromatic rings. The van der Waals surface area contributed by atoms with Gasteiger partial charge in [0.2, 0.25) is 0 Å². The molecule has 3 aromatic carbocycles. The van der Waals surface area contributed by atoms with Crippen molar-refractivity contribution in [3.05, 3.63) is 54.6 Å². The minimum absolute atomic E-state index is 0.0791. The number of nitrogens with one attached hydrogen (secondary N) is 1. The zero-order valence-electron chi connectivity index (χ0n) is 17.9. The molecule has 0 amide bonds. The largest absolute Gasteiger partial charge is 0.506 e. The summed E-state index contributed by atoms with van der Waals surface area (Å²) in [5.41, 5.74) is 0.263. The lowest BCUT2D eigenvalue weighted by Gasteiger charge is -2.23. The molecule has 0 atom stereocenters. The average Bonchev–Trinajstić information content (AvgIpc) is 2.81. The molecule has 0 aromatic heterocycles. The van der Waals surface area contributed by atoms with E-state index in [2.05, 4.69) is 4.72 Å². The summed E-state index contributed by atoms with van der Waals surface area (Å²) < 4.78 is 34.8. The Kier molecular flexibility index (Phi) is 6.99. The number of carboxylic acids is 1. The number of sulfonamides is 1. The summed E-state index contributed by atoms with van der Waals surface area (Å²) in [7, 11) is -3.93. The van der Waals surface area contributed by atoms with Crippen LogP contribution in [0, 0.1) is 0 Å². The van der Waals surface area contributed by atoms with Gasteiger partial charge in [-0.05, 0) is 56.0 Å². The highest BCUT2D eigenvalue weighted by atomic mass is 32.2. The van der Waals surface area contributed by atoms with Crippen molar-refractivity contribution in [2.24, 2.45) is 0 Å². The Morgan fingerprint density at radius 1 is 1.03 bits per heavy atom. The number of anilines is 1. The fraction of sp³-hybridized carbons (Fsp3) is 0.292. The number of carboxylic acid groups (broad SMARTS) is 1. The Hall–Kier alpha value is -2.91. The summed E-state index contributed by atoms with van der Waals surface area (Å²) in [5, 5.41) is 20.5. The van der Waals surface area contributed by atoms with E-state index >= 15 is 0 Å². The van der Waals surface area contributed by atoms with Gasteiger partial charge in [0, 0.05) is 10.8 Å². The molecule has 1 fully saturated rings. The number of phenolic OH excluding ortho intramolecular Hbond substituents is 1. The van der Waals surface area contributed by atoms with Crippen LogP contribution in [0.5, 0.6) is 11.5 Å². The van der Waals surface area contributed by atoms with Crippen molar-refractivity contribution < 1.29 is 28.2 Å². The number of phenols is 1. The highest BCUT2D eigenvalue weighted by Gasteiger charge is 2.20. The molecule has 7 nitrogen and oxygen atoms in total. The Balaban J connectivity index is 1.60. The summed E-state index contributed by atoms with van der Waals surface area (Å²) in [6.07, 6.45) is 5.72. The zero-order valence-corrected chi connectivity index (χ0v) is 19.5. The van der Waals surface area contributed by atoms with Crippen LogP contribution in [0.1, 0.15) is 32.1 Å². The maximum Gasteiger partial charge on any atom is 0.313 e. The van der Waals surface area contributed by atoms with Crippen LogP contribution >= 0.6 is 11.8 Å². The maximum absolute atomic E-state index is 13.1. The summed E-state index contributed by atoms with van der Waals surface area (Å²) in [6, 6.07) is 14.6. The van der Waals surface area contributed by atoms with E-state index in [9.17, 15) is 18.3 Å². The number of thioether (sulfide) groups is 1. The van der Waals surface area contributed by atoms with Gasteiger partial charge in [0.25, 0.3) is 10.0 Å². The molecule has 0 saturated heterocycles. The number of ether oxygens (including phenoxy) is 1. The lowest BCUT2D eigenvalue weighted by Crippen LogP contribution is -2.19. The molecule has 0 heterocycles. The van der Waals surface area contributed by atoms with Crippen LogP contribution in [0.2, 0.25) is 0 Å². The molecule has 0 spiro atoms. The molecule has 4 rings (SSSR count). The molecule has 1 saturated carbocycles. The van der Waals surface area contributed by atoms with E-state index in [0.29, 0.717) is 16.5 Å². The van der Waals surface area contributed by atoms with E-state index in [1.54, 1.807) is 36.4 Å². The van der Waals surface area contributed by atoms with Crippen molar-refractivity contribution in [1.29, 1.82) is 0 Å². The monoisotopic (exact) mass is 487 g/mol. The van der Waals surface area contributed by atoms with Gasteiger partial charge < -0.3 is 14.9 Å². The molecule has 0 bridgehead atoms. The first-order valence-electron chi connectivity index (χ1n) is 10.7. The average molecular weight is 488 g/mol. The predicted octanol–water partition coefficient (Wildman–Crippen LogP) is 5.23. The van der Waals surface area contributed by atoms with Gasteiger partial charge in [-0.3, -0.25) is 9.52 Å². The second-order valence-corrected chi connectivity index (χ2v) is 10.7. The van der Waals surface area contributed by atoms with Crippen molar-refractivity contribution in [3.8, 4) is 11.5 Å². The summed E-state index contributed by atoms with van der Waals surface area (Å²) in [5.74, 6) is -0.738. The van der Waals surface area contributed by atoms with Crippen LogP contribution in [0.25, 0.3) is 10.8 Å². The van der Waals surface area contributed by atoms with Crippen LogP contribution in [0.4, 0.5) is 5.69 Å². The molecular weight excluding hydrogens is 462 g/mol. The van der Waals surface area contributed by atoms with E-state index in [-0.39, 0.29) is 33.1 Å². The first-order valence-corrected chi connectivity index (χ1v) is 13.2. The van der Waals surface area contributed by atoms with Crippen LogP contribution in [0.15, 0.2) is 64.4 Å². The molecule has 1 aliphatic rings. The standard InChI is InChI=1S/C24H25NO6S2/c26-23(27)15-32-22-14-21(19-8-4-5-9-20(19)24(22)28)25-33(29,30)18-12-10-17(11-13-18)31-16-6-2-1-3-7-16/h4-5,8-14,16,25,28H,1-3,6-7,15H2,(H,26,27). The molecule has 174 valence electrons. The Morgan fingerprint density at radius 3 is 2.36 bits per heavy atom. The Morgan fingerprint density at radius 2 is 1.70 bits per heavy atom. The number of aromatic hydroxyl groups is 1. The Labute approximate surface area is 196 Å². The van der Waals surface area contributed by atoms with Crippen molar-refractivity contribution in [3.63, 3.8) is 0 Å². The third-order valence-corrected chi connectivity index (χ3v) is 7.96. The van der Waals surface area contributed by atoms with Gasteiger partial charge in [-0.1, -0.05) is 30.7 Å². The van der Waals surface area contributed by atoms with Crippen LogP contribution in [-0.2, 0) is 14.8 Å². The summed E-state index contributed by atoms with van der Waals surface area (Å²) >= 11 is 0.923. The fourth-order valence-electron chi connectivity index (χ4n) is 3.94. The van der Waals surface area contributed by atoms with Crippen LogP contribution in [-0.4, -0.2) is 36.5 Å². The number of hydrogen-bond donors (Lipinski definition) is 3. The Bertz CT molecular complexity index is 1250. The summed E-state index contributed by atoms with van der Waals surface area (Å²) in [4.78, 5) is 11.3. The third kappa shape index (κ3) is 5.54. The lowest BCUT2D eigenvalue weighted by atomic mass is 9.98. The first kappa shape index (κ1) is 23.3. The van der Waals surface area contributed by atoms with E-state index < -0.39 is 16.0 Å². The van der Waals surface area contributed by atoms with E-state index in [1.165, 1.54) is 24.6 Å². The van der Waals surface area contributed by atoms with Crippen molar-refractivity contribution >= 4 is 44.2 Å². The molecule has 0 unspecified atom stereocenters. The molecule has 33 heavy (non-hydrogen) atoms. The minimum atomic E-state index is -3.93. The number of fused-ring (bicyclic) bond motifs is 1. The van der Waals surface area contributed by atoms with Crippen molar-refractivity contribution in [2.45, 2.75) is 48.0 Å². The van der Waals surface area contributed by atoms with E-state index in [1.807, 2.05) is 0 Å². The normalized spacial score (nSPS) is 14.8. The van der Waals surface area contributed by atoms with Gasteiger partial charge in [0.1, 0.15) is 11.5 Å². The van der Waals surface area contributed by atoms with Gasteiger partial charge in [-0.2, -0.15) is 0 Å². The van der Waals surface area contributed by atoms with Gasteiger partial charge in [-0.25, -0.2) is 8.42 Å². The number of benzene rings is 3. The van der Waals surface area contributed by atoms with Crippen LogP contribution < -0.4 is 9.46 Å². The number of hydrogen-bond acceptors (Lipinski definition) is 6. The highest BCUT2D eigenvalue weighted by molar-refractivity contribution is 8.00. The number of rotatable bonds is 8. The van der Waals surface area contributed by atoms with Gasteiger partial charge in [0.05, 0.1) is 27.3 Å². The van der Waals surface area contributed by atoms with Gasteiger partial charge >= 0.3 is 5.97 Å². The lowest BCUT2D eigenvalue weighted by molar-refractivity contribution is -0.133. The molecule has 3 N–H and O–H groups in total. The van der Waals surface area contributed by atoms with Gasteiger partial charge in [-0.15, -0.1) is 11.8 Å². The molecule has 9 heteroatoms. The van der Waals surface area contributed by atoms with E-state index in [0.717, 1.165) is 37.4 Å². The number of aliphatic carboxylic acids is 1. The van der Waals surface area contributed by atoms with Crippen molar-refractivity contribution in [2.75, 3.05) is 10.5 Å². The molecule has 0 aliphatic heterocycles. The predicted molar refractivity (Wildman–Crippen MR) is 129 cm³/mol. The molecular formula is C24H25NO6S2. The quantitative estimate of drug-likeness (QED) is 0.294. The fourth-order valence-corrected chi connectivity index (χ4v) is 5.74. The molecule has 0 radical (unpaired) electrons. The van der Waals surface area contributed by atoms with Crippen molar-refractivity contribution in [1.82, 2.24) is 0 Å². The first-order chi connectivity index (χ1) is 15.8. The van der Waals surface area contributed by atoms with Crippen LogP contribution in [0.3, 0.4) is 0 Å². The third-order valence-electron chi connectivity index (χ3n) is 5.57. The highest BCUT2D eigenvalue weighted by Crippen LogP contribution is 2.40. The van der Waals surface area contributed by atoms with E-state index in [4.69, 9.17) is 9.84 Å². The minimum Gasteiger partial charge on any atom is -0.506 e. The van der Waals surface area contributed by atoms with Gasteiger partial charge in [0.15, 0.2) is 0 Å². The number of carbonyl (C=O) groups is 1. The SMILES string of the molecule is O=C(O)CSc1cc(NS(=O)(=O)c2ccc(OC3CCCCC3)cc2)c2ccccc2c1O.